The quantitative estimate of drug-likeness (QED) is 0.251. The van der Waals surface area contributed by atoms with E-state index in [1.54, 1.807) is 0 Å². The molecule has 0 aliphatic carbocycles. The number of hydrogen-bond donors (Lipinski definition) is 0. The van der Waals surface area contributed by atoms with E-state index in [9.17, 15) is 0 Å². The van der Waals surface area contributed by atoms with Crippen LogP contribution in [0, 0.1) is 0 Å². The van der Waals surface area contributed by atoms with Crippen LogP contribution in [0.15, 0.2) is 85.1 Å². The molecule has 0 spiro atoms. The van der Waals surface area contributed by atoms with Crippen LogP contribution in [-0.4, -0.2) is 13.1 Å². The zero-order valence-corrected chi connectivity index (χ0v) is 21.0. The predicted octanol–water partition coefficient (Wildman–Crippen LogP) is 7.16. The van der Waals surface area contributed by atoms with E-state index < -0.39 is 8.07 Å². The van der Waals surface area contributed by atoms with Crippen LogP contribution >= 0.6 is 0 Å². The molecule has 0 saturated carbocycles. The smallest absolute Gasteiger partial charge is 0.116 e. The fourth-order valence-electron chi connectivity index (χ4n) is 5.83. The molecule has 0 unspecified atom stereocenters. The summed E-state index contributed by atoms with van der Waals surface area (Å²) in [5, 5.41) is 8.40. The maximum Gasteiger partial charge on any atom is 0.116 e. The second-order valence-corrected chi connectivity index (χ2v) is 15.2. The van der Waals surface area contributed by atoms with Gasteiger partial charge in [0.15, 0.2) is 0 Å². The van der Waals surface area contributed by atoms with Crippen LogP contribution in [0.25, 0.3) is 43.9 Å². The van der Waals surface area contributed by atoms with Gasteiger partial charge in [-0.2, -0.15) is 0 Å². The van der Waals surface area contributed by atoms with Crippen molar-refractivity contribution in [3.63, 3.8) is 0 Å². The molecule has 0 saturated heterocycles. The van der Waals surface area contributed by atoms with Crippen molar-refractivity contribution in [2.75, 3.05) is 0 Å². The van der Waals surface area contributed by atoms with Crippen molar-refractivity contribution in [3.05, 3.63) is 90.6 Å². The first-order valence-electron chi connectivity index (χ1n) is 11.8. The molecule has 33 heavy (non-hydrogen) atoms. The molecule has 2 heterocycles. The SMILES string of the molecule is CC(C)(C)c1cc(-c2nccc3c2[Si](C)(C)c2cccc4cccc-3c24)cc2ccccc12. The van der Waals surface area contributed by atoms with Gasteiger partial charge in [-0.25, -0.2) is 0 Å². The van der Waals surface area contributed by atoms with E-state index in [0.29, 0.717) is 0 Å². The third kappa shape index (κ3) is 2.94. The molecule has 5 aromatic rings. The molecule has 0 radical (unpaired) electrons. The van der Waals surface area contributed by atoms with E-state index in [0.717, 1.165) is 5.69 Å². The molecule has 0 atom stereocenters. The Morgan fingerprint density at radius 1 is 0.727 bits per heavy atom. The highest BCUT2D eigenvalue weighted by Gasteiger charge is 2.38. The maximum atomic E-state index is 5.06. The van der Waals surface area contributed by atoms with Gasteiger partial charge in [-0.1, -0.05) is 94.5 Å². The summed E-state index contributed by atoms with van der Waals surface area (Å²) in [6, 6.07) is 29.3. The summed E-state index contributed by atoms with van der Waals surface area (Å²) in [6.45, 7) is 11.9. The van der Waals surface area contributed by atoms with Gasteiger partial charge in [0.2, 0.25) is 0 Å². The van der Waals surface area contributed by atoms with Crippen molar-refractivity contribution >= 4 is 40.0 Å². The summed E-state index contributed by atoms with van der Waals surface area (Å²) >= 11 is 0. The first kappa shape index (κ1) is 20.4. The summed E-state index contributed by atoms with van der Waals surface area (Å²) in [7, 11) is -1.98. The second-order valence-electron chi connectivity index (χ2n) is 10.9. The fourth-order valence-corrected chi connectivity index (χ4v) is 9.21. The lowest BCUT2D eigenvalue weighted by Crippen LogP contribution is -2.56. The number of nitrogens with zero attached hydrogens (tertiary/aromatic N) is 1. The fraction of sp³-hybridized carbons (Fsp3) is 0.194. The second kappa shape index (κ2) is 6.88. The van der Waals surface area contributed by atoms with Gasteiger partial charge >= 0.3 is 0 Å². The van der Waals surface area contributed by atoms with E-state index in [1.165, 1.54) is 54.2 Å². The summed E-state index contributed by atoms with van der Waals surface area (Å²) in [5.74, 6) is 0. The van der Waals surface area contributed by atoms with E-state index >= 15 is 0 Å². The third-order valence-electron chi connectivity index (χ3n) is 7.39. The van der Waals surface area contributed by atoms with Gasteiger partial charge in [0.1, 0.15) is 8.07 Å². The van der Waals surface area contributed by atoms with Gasteiger partial charge in [0.05, 0.1) is 5.69 Å². The Morgan fingerprint density at radius 2 is 1.45 bits per heavy atom. The van der Waals surface area contributed by atoms with Gasteiger partial charge < -0.3 is 0 Å². The number of benzene rings is 4. The number of hydrogen-bond acceptors (Lipinski definition) is 1. The lowest BCUT2D eigenvalue weighted by atomic mass is 9.82. The first-order valence-corrected chi connectivity index (χ1v) is 14.8. The summed E-state index contributed by atoms with van der Waals surface area (Å²) in [5.41, 5.74) is 6.55. The number of rotatable bonds is 1. The lowest BCUT2D eigenvalue weighted by molar-refractivity contribution is 0.596. The highest BCUT2D eigenvalue weighted by molar-refractivity contribution is 7.04. The van der Waals surface area contributed by atoms with Gasteiger partial charge in [-0.15, -0.1) is 0 Å². The topological polar surface area (TPSA) is 12.9 Å². The van der Waals surface area contributed by atoms with Gasteiger partial charge in [0.25, 0.3) is 0 Å². The van der Waals surface area contributed by atoms with Crippen LogP contribution in [0.5, 0.6) is 0 Å². The molecule has 2 heteroatoms. The van der Waals surface area contributed by atoms with Crippen LogP contribution < -0.4 is 10.4 Å². The van der Waals surface area contributed by atoms with Crippen molar-refractivity contribution in [3.8, 4) is 22.4 Å². The zero-order valence-electron chi connectivity index (χ0n) is 20.0. The molecule has 6 rings (SSSR count). The highest BCUT2D eigenvalue weighted by Crippen LogP contribution is 2.38. The standard InChI is InChI=1S/C31H29NSi/c1-31(2,3)26-19-22(18-21-10-6-7-13-23(21)26)29-30-25(16-17-32-29)24-14-8-11-20-12-9-15-27(28(20)24)33(30,4)5/h6-19H,1-5H3. The number of aromatic nitrogens is 1. The van der Waals surface area contributed by atoms with Gasteiger partial charge in [-0.3, -0.25) is 4.98 Å². The minimum atomic E-state index is -1.98. The number of pyridine rings is 1. The van der Waals surface area contributed by atoms with Crippen molar-refractivity contribution in [2.45, 2.75) is 39.3 Å². The summed E-state index contributed by atoms with van der Waals surface area (Å²) in [4.78, 5) is 5.06. The monoisotopic (exact) mass is 443 g/mol. The molecule has 162 valence electrons. The van der Waals surface area contributed by atoms with E-state index in [1.807, 2.05) is 6.20 Å². The van der Waals surface area contributed by atoms with Crippen molar-refractivity contribution < 1.29 is 0 Å². The van der Waals surface area contributed by atoms with Crippen molar-refractivity contribution in [1.82, 2.24) is 4.98 Å². The Labute approximate surface area is 197 Å². The lowest BCUT2D eigenvalue weighted by Gasteiger charge is -2.35. The van der Waals surface area contributed by atoms with E-state index in [4.69, 9.17) is 4.98 Å². The van der Waals surface area contributed by atoms with Crippen LogP contribution in [0.3, 0.4) is 0 Å². The minimum Gasteiger partial charge on any atom is -0.256 e. The first-order chi connectivity index (χ1) is 15.8. The molecule has 1 aliphatic rings. The molecule has 0 amide bonds. The molecular formula is C31H29NSi. The summed E-state index contributed by atoms with van der Waals surface area (Å²) in [6.07, 6.45) is 2.01. The van der Waals surface area contributed by atoms with Gasteiger partial charge in [-0.05, 0) is 72.2 Å². The molecular weight excluding hydrogens is 414 g/mol. The van der Waals surface area contributed by atoms with Crippen molar-refractivity contribution in [2.24, 2.45) is 0 Å². The van der Waals surface area contributed by atoms with Crippen LogP contribution in [-0.2, 0) is 5.41 Å². The molecule has 0 N–H and O–H groups in total. The molecule has 4 aromatic carbocycles. The minimum absolute atomic E-state index is 0.0512. The normalized spacial score (nSPS) is 14.5. The van der Waals surface area contributed by atoms with Gasteiger partial charge in [0, 0.05) is 11.8 Å². The Bertz CT molecular complexity index is 1560. The van der Waals surface area contributed by atoms with Crippen molar-refractivity contribution in [1.29, 1.82) is 0 Å². The highest BCUT2D eigenvalue weighted by atomic mass is 28.3. The maximum absolute atomic E-state index is 5.06. The molecule has 1 aliphatic heterocycles. The Hall–Kier alpha value is -3.23. The summed E-state index contributed by atoms with van der Waals surface area (Å²) < 4.78 is 0. The average molecular weight is 444 g/mol. The zero-order chi connectivity index (χ0) is 23.0. The van der Waals surface area contributed by atoms with Crippen LogP contribution in [0.4, 0.5) is 0 Å². The predicted molar refractivity (Wildman–Crippen MR) is 146 cm³/mol. The number of fused-ring (bicyclic) bond motifs is 3. The van der Waals surface area contributed by atoms with Crippen LogP contribution in [0.2, 0.25) is 13.1 Å². The molecule has 1 nitrogen and oxygen atoms in total. The van der Waals surface area contributed by atoms with Crippen LogP contribution in [0.1, 0.15) is 26.3 Å². The molecule has 0 bridgehead atoms. The largest absolute Gasteiger partial charge is 0.256 e. The third-order valence-corrected chi connectivity index (χ3v) is 10.9. The van der Waals surface area contributed by atoms with E-state index in [2.05, 4.69) is 113 Å². The Kier molecular flexibility index (Phi) is 4.25. The molecule has 1 aromatic heterocycles. The Morgan fingerprint density at radius 3 is 2.24 bits per heavy atom. The van der Waals surface area contributed by atoms with E-state index in [-0.39, 0.29) is 5.41 Å². The Balaban J connectivity index is 1.72. The average Bonchev–Trinajstić information content (AvgIpc) is 2.80. The molecule has 0 fully saturated rings.